The van der Waals surface area contributed by atoms with Gasteiger partial charge in [0.25, 0.3) is 5.91 Å². The van der Waals surface area contributed by atoms with Crippen molar-refractivity contribution in [2.45, 2.75) is 13.5 Å². The minimum Gasteiger partial charge on any atom is -0.367 e. The maximum absolute atomic E-state index is 13.7. The molecule has 4 aromatic rings. The van der Waals surface area contributed by atoms with Gasteiger partial charge in [-0.2, -0.15) is 0 Å². The first-order valence-corrected chi connectivity index (χ1v) is 11.4. The van der Waals surface area contributed by atoms with Crippen LogP contribution in [0.5, 0.6) is 0 Å². The summed E-state index contributed by atoms with van der Waals surface area (Å²) in [7, 11) is 0. The van der Waals surface area contributed by atoms with Crippen molar-refractivity contribution in [3.8, 4) is 0 Å². The van der Waals surface area contributed by atoms with E-state index in [2.05, 4.69) is 52.8 Å². The molecule has 1 amide bonds. The molecule has 1 aromatic heterocycles. The number of carbonyl (C=O) groups excluding carboxylic acids is 1. The highest BCUT2D eigenvalue weighted by atomic mass is 35.5. The van der Waals surface area contributed by atoms with Crippen LogP contribution >= 0.6 is 11.6 Å². The molecule has 162 valence electrons. The normalized spacial score (nSPS) is 14.2. The van der Waals surface area contributed by atoms with Crippen LogP contribution < -0.4 is 4.90 Å². The van der Waals surface area contributed by atoms with Crippen LogP contribution in [0, 0.1) is 6.92 Å². The predicted octanol–water partition coefficient (Wildman–Crippen LogP) is 5.61. The molecular formula is C27H26ClN3O. The van der Waals surface area contributed by atoms with Crippen LogP contribution in [-0.2, 0) is 6.54 Å². The van der Waals surface area contributed by atoms with Gasteiger partial charge in [0.2, 0.25) is 0 Å². The second-order valence-electron chi connectivity index (χ2n) is 8.28. The van der Waals surface area contributed by atoms with Gasteiger partial charge in [-0.05, 0) is 30.7 Å². The fraction of sp³-hybridized carbons (Fsp3) is 0.222. The van der Waals surface area contributed by atoms with Crippen molar-refractivity contribution in [2.75, 3.05) is 31.1 Å². The van der Waals surface area contributed by atoms with Crippen LogP contribution in [0.25, 0.3) is 10.9 Å². The molecule has 0 spiro atoms. The molecule has 0 radical (unpaired) electrons. The van der Waals surface area contributed by atoms with Crippen LogP contribution in [0.4, 0.5) is 5.69 Å². The van der Waals surface area contributed by atoms with Gasteiger partial charge in [-0.25, -0.2) is 0 Å². The summed E-state index contributed by atoms with van der Waals surface area (Å²) in [6.45, 7) is 5.73. The molecule has 0 saturated carbocycles. The molecule has 1 fully saturated rings. The minimum atomic E-state index is 0.115. The molecule has 3 aromatic carbocycles. The van der Waals surface area contributed by atoms with Gasteiger partial charge >= 0.3 is 0 Å². The third-order valence-corrected chi connectivity index (χ3v) is 6.71. The lowest BCUT2D eigenvalue weighted by Gasteiger charge is -2.36. The van der Waals surface area contributed by atoms with E-state index in [9.17, 15) is 4.79 Å². The number of carbonyl (C=O) groups is 1. The number of rotatable bonds is 4. The number of piperazine rings is 1. The fourth-order valence-corrected chi connectivity index (χ4v) is 4.94. The number of nitrogens with zero attached hydrogens (tertiary/aromatic N) is 3. The van der Waals surface area contributed by atoms with Gasteiger partial charge in [0.15, 0.2) is 0 Å². The first-order chi connectivity index (χ1) is 15.6. The Morgan fingerprint density at radius 3 is 2.25 bits per heavy atom. The molecule has 0 atom stereocenters. The van der Waals surface area contributed by atoms with E-state index in [-0.39, 0.29) is 5.91 Å². The molecule has 5 heteroatoms. The average molecular weight is 444 g/mol. The Morgan fingerprint density at radius 2 is 1.50 bits per heavy atom. The molecule has 0 unspecified atom stereocenters. The average Bonchev–Trinajstić information content (AvgIpc) is 3.11. The van der Waals surface area contributed by atoms with Crippen LogP contribution in [-0.4, -0.2) is 41.6 Å². The van der Waals surface area contributed by atoms with Crippen molar-refractivity contribution in [1.29, 1.82) is 0 Å². The first-order valence-electron chi connectivity index (χ1n) is 11.0. The quantitative estimate of drug-likeness (QED) is 0.410. The van der Waals surface area contributed by atoms with E-state index >= 15 is 0 Å². The number of fused-ring (bicyclic) bond motifs is 1. The molecule has 1 saturated heterocycles. The number of halogens is 1. The molecule has 5 rings (SSSR count). The summed E-state index contributed by atoms with van der Waals surface area (Å²) in [5.74, 6) is 0.115. The second-order valence-corrected chi connectivity index (χ2v) is 8.69. The van der Waals surface area contributed by atoms with Crippen molar-refractivity contribution >= 4 is 34.1 Å². The summed E-state index contributed by atoms with van der Waals surface area (Å²) in [5.41, 5.74) is 5.21. The molecule has 0 N–H and O–H groups in total. The maximum Gasteiger partial charge on any atom is 0.256 e. The molecular weight excluding hydrogens is 418 g/mol. The third-order valence-electron chi connectivity index (χ3n) is 6.39. The zero-order valence-corrected chi connectivity index (χ0v) is 18.9. The summed E-state index contributed by atoms with van der Waals surface area (Å²) >= 11 is 6.38. The van der Waals surface area contributed by atoms with E-state index in [1.165, 1.54) is 5.56 Å². The number of anilines is 1. The highest BCUT2D eigenvalue weighted by molar-refractivity contribution is 6.33. The lowest BCUT2D eigenvalue weighted by molar-refractivity contribution is 0.0747. The largest absolute Gasteiger partial charge is 0.367 e. The molecule has 0 bridgehead atoms. The Bertz CT molecular complexity index is 1260. The number of hydrogen-bond donors (Lipinski definition) is 0. The summed E-state index contributed by atoms with van der Waals surface area (Å²) in [6, 6.07) is 26.5. The Morgan fingerprint density at radius 1 is 0.844 bits per heavy atom. The summed E-state index contributed by atoms with van der Waals surface area (Å²) in [6.07, 6.45) is 0. The summed E-state index contributed by atoms with van der Waals surface area (Å²) in [5, 5.41) is 1.78. The zero-order chi connectivity index (χ0) is 22.1. The standard InChI is InChI=1S/C27H26ClN3O/c1-20-26(22-11-5-7-13-24(22)31(20)19-21-9-3-2-4-10-21)27(32)30-17-15-29(16-18-30)25-14-8-6-12-23(25)28/h2-14H,15-19H2,1H3. The number of amides is 1. The van der Waals surface area contributed by atoms with Gasteiger partial charge in [0.1, 0.15) is 0 Å². The fourth-order valence-electron chi connectivity index (χ4n) is 4.69. The van der Waals surface area contributed by atoms with Crippen molar-refractivity contribution in [1.82, 2.24) is 9.47 Å². The topological polar surface area (TPSA) is 28.5 Å². The van der Waals surface area contributed by atoms with Crippen molar-refractivity contribution in [3.05, 3.63) is 101 Å². The smallest absolute Gasteiger partial charge is 0.256 e. The van der Waals surface area contributed by atoms with Gasteiger partial charge < -0.3 is 14.4 Å². The van der Waals surface area contributed by atoms with Crippen molar-refractivity contribution in [3.63, 3.8) is 0 Å². The molecule has 4 nitrogen and oxygen atoms in total. The molecule has 32 heavy (non-hydrogen) atoms. The minimum absolute atomic E-state index is 0.115. The predicted molar refractivity (Wildman–Crippen MR) is 132 cm³/mol. The highest BCUT2D eigenvalue weighted by Crippen LogP contribution is 2.30. The third kappa shape index (κ3) is 3.76. The monoisotopic (exact) mass is 443 g/mol. The van der Waals surface area contributed by atoms with Crippen LogP contribution in [0.2, 0.25) is 5.02 Å². The van der Waals surface area contributed by atoms with E-state index in [1.807, 2.05) is 47.4 Å². The van der Waals surface area contributed by atoms with E-state index in [0.717, 1.165) is 52.5 Å². The lowest BCUT2D eigenvalue weighted by Crippen LogP contribution is -2.49. The summed E-state index contributed by atoms with van der Waals surface area (Å²) in [4.78, 5) is 17.9. The van der Waals surface area contributed by atoms with Crippen molar-refractivity contribution < 1.29 is 4.79 Å². The van der Waals surface area contributed by atoms with Gasteiger partial charge in [-0.3, -0.25) is 4.79 Å². The second kappa shape index (κ2) is 8.71. The molecule has 0 aliphatic carbocycles. The van der Waals surface area contributed by atoms with Crippen LogP contribution in [0.1, 0.15) is 21.6 Å². The van der Waals surface area contributed by atoms with Gasteiger partial charge in [0.05, 0.1) is 16.3 Å². The number of aromatic nitrogens is 1. The number of para-hydroxylation sites is 2. The van der Waals surface area contributed by atoms with Crippen molar-refractivity contribution in [2.24, 2.45) is 0 Å². The first kappa shape index (κ1) is 20.7. The van der Waals surface area contributed by atoms with E-state index in [1.54, 1.807) is 0 Å². The Balaban J connectivity index is 1.42. The van der Waals surface area contributed by atoms with E-state index < -0.39 is 0 Å². The maximum atomic E-state index is 13.7. The van der Waals surface area contributed by atoms with E-state index in [0.29, 0.717) is 13.1 Å². The van der Waals surface area contributed by atoms with Crippen LogP contribution in [0.3, 0.4) is 0 Å². The number of benzene rings is 3. The van der Waals surface area contributed by atoms with Gasteiger partial charge in [-0.15, -0.1) is 0 Å². The Labute approximate surface area is 193 Å². The SMILES string of the molecule is Cc1c(C(=O)N2CCN(c3ccccc3Cl)CC2)c2ccccc2n1Cc1ccccc1. The zero-order valence-electron chi connectivity index (χ0n) is 18.2. The van der Waals surface area contributed by atoms with Gasteiger partial charge in [0, 0.05) is 49.3 Å². The van der Waals surface area contributed by atoms with Crippen LogP contribution in [0.15, 0.2) is 78.9 Å². The molecule has 1 aliphatic rings. The lowest BCUT2D eigenvalue weighted by atomic mass is 10.1. The highest BCUT2D eigenvalue weighted by Gasteiger charge is 2.27. The van der Waals surface area contributed by atoms with E-state index in [4.69, 9.17) is 11.6 Å². The van der Waals surface area contributed by atoms with Gasteiger partial charge in [-0.1, -0.05) is 72.3 Å². The number of hydrogen-bond acceptors (Lipinski definition) is 2. The molecule has 2 heterocycles. The summed E-state index contributed by atoms with van der Waals surface area (Å²) < 4.78 is 2.26. The Kier molecular flexibility index (Phi) is 5.62. The molecule has 1 aliphatic heterocycles. The Hall–Kier alpha value is -3.24.